The molecule has 0 aliphatic rings. The highest BCUT2D eigenvalue weighted by Crippen LogP contribution is 2.12. The zero-order valence-corrected chi connectivity index (χ0v) is 11.4. The lowest BCUT2D eigenvalue weighted by Crippen LogP contribution is -2.10. The summed E-state index contributed by atoms with van der Waals surface area (Å²) in [4.78, 5) is 0. The molecule has 1 heterocycles. The first-order chi connectivity index (χ1) is 8.66. The van der Waals surface area contributed by atoms with Gasteiger partial charge in [-0.2, -0.15) is 0 Å². The highest BCUT2D eigenvalue weighted by atomic mass is 32.1. The highest BCUT2D eigenvalue weighted by Gasteiger charge is 2.08. The maximum atomic E-state index is 5.65. The molecule has 4 nitrogen and oxygen atoms in total. The Hall–Kier alpha value is -1.62. The number of hydrogen-bond donors (Lipinski definition) is 1. The number of benzene rings is 1. The molecule has 5 heteroatoms. The van der Waals surface area contributed by atoms with Crippen LogP contribution in [-0.4, -0.2) is 21.4 Å². The van der Waals surface area contributed by atoms with Gasteiger partial charge in [0.25, 0.3) is 0 Å². The van der Waals surface area contributed by atoms with E-state index in [1.807, 2.05) is 22.8 Å². The zero-order chi connectivity index (χ0) is 13.0. The first kappa shape index (κ1) is 12.8. The van der Waals surface area contributed by atoms with E-state index in [1.165, 1.54) is 5.56 Å². The average molecular weight is 263 g/mol. The molecule has 0 unspecified atom stereocenters. The molecule has 0 amide bonds. The lowest BCUT2D eigenvalue weighted by Gasteiger charge is -2.09. The first-order valence-electron chi connectivity index (χ1n) is 5.98. The third-order valence-electron chi connectivity index (χ3n) is 2.45. The van der Waals surface area contributed by atoms with Gasteiger partial charge < -0.3 is 4.74 Å². The van der Waals surface area contributed by atoms with E-state index in [2.05, 4.69) is 36.2 Å². The molecule has 18 heavy (non-hydrogen) atoms. The second-order valence-corrected chi connectivity index (χ2v) is 4.97. The van der Waals surface area contributed by atoms with Crippen molar-refractivity contribution in [3.63, 3.8) is 0 Å². The fourth-order valence-electron chi connectivity index (χ4n) is 1.56. The number of aromatic amines is 1. The molecule has 0 spiro atoms. The van der Waals surface area contributed by atoms with E-state index in [0.717, 1.165) is 0 Å². The van der Waals surface area contributed by atoms with Crippen LogP contribution in [0.5, 0.6) is 6.01 Å². The van der Waals surface area contributed by atoms with Crippen molar-refractivity contribution in [2.45, 2.75) is 20.4 Å². The van der Waals surface area contributed by atoms with Gasteiger partial charge in [-0.3, -0.25) is 4.57 Å². The third-order valence-corrected chi connectivity index (χ3v) is 2.76. The van der Waals surface area contributed by atoms with E-state index >= 15 is 0 Å². The van der Waals surface area contributed by atoms with Gasteiger partial charge in [-0.25, -0.2) is 5.10 Å². The molecule has 1 aromatic heterocycles. The number of aromatic nitrogens is 3. The van der Waals surface area contributed by atoms with Crippen LogP contribution in [0.25, 0.3) is 0 Å². The minimum Gasteiger partial charge on any atom is -0.463 e. The first-order valence-corrected chi connectivity index (χ1v) is 6.39. The molecule has 0 saturated heterocycles. The van der Waals surface area contributed by atoms with E-state index < -0.39 is 0 Å². The Morgan fingerprint density at radius 3 is 2.72 bits per heavy atom. The molecule has 0 radical (unpaired) electrons. The quantitative estimate of drug-likeness (QED) is 0.843. The molecular formula is C13H17N3OS. The van der Waals surface area contributed by atoms with Crippen molar-refractivity contribution in [2.24, 2.45) is 5.92 Å². The summed E-state index contributed by atoms with van der Waals surface area (Å²) in [5.74, 6) is 0.459. The van der Waals surface area contributed by atoms with Gasteiger partial charge in [0, 0.05) is 0 Å². The van der Waals surface area contributed by atoms with E-state index in [9.17, 15) is 0 Å². The Balaban J connectivity index is 2.17. The van der Waals surface area contributed by atoms with Crippen LogP contribution in [0, 0.1) is 10.7 Å². The lowest BCUT2D eigenvalue weighted by atomic mass is 10.2. The molecule has 0 fully saturated rings. The predicted octanol–water partition coefficient (Wildman–Crippen LogP) is 3.02. The number of H-pyrrole nitrogens is 1. The van der Waals surface area contributed by atoms with Crippen molar-refractivity contribution in [3.05, 3.63) is 40.7 Å². The minimum atomic E-state index is 0.459. The van der Waals surface area contributed by atoms with E-state index in [1.54, 1.807) is 0 Å². The SMILES string of the molecule is CC(C)COc1n[nH]c(=S)n1Cc1ccccc1. The Kier molecular flexibility index (Phi) is 4.15. The normalized spacial score (nSPS) is 10.8. The van der Waals surface area contributed by atoms with Gasteiger partial charge in [0.05, 0.1) is 13.2 Å². The molecule has 0 aliphatic heterocycles. The number of nitrogens with zero attached hydrogens (tertiary/aromatic N) is 2. The molecule has 0 aliphatic carbocycles. The Labute approximate surface area is 112 Å². The number of rotatable bonds is 5. The van der Waals surface area contributed by atoms with Crippen LogP contribution in [-0.2, 0) is 6.54 Å². The van der Waals surface area contributed by atoms with Gasteiger partial charge in [-0.15, -0.1) is 5.10 Å². The monoisotopic (exact) mass is 263 g/mol. The smallest absolute Gasteiger partial charge is 0.316 e. The largest absolute Gasteiger partial charge is 0.463 e. The van der Waals surface area contributed by atoms with E-state index in [0.29, 0.717) is 29.9 Å². The summed E-state index contributed by atoms with van der Waals surface area (Å²) in [6, 6.07) is 10.7. The number of hydrogen-bond acceptors (Lipinski definition) is 3. The lowest BCUT2D eigenvalue weighted by molar-refractivity contribution is 0.240. The summed E-state index contributed by atoms with van der Waals surface area (Å²) in [5.41, 5.74) is 1.17. The van der Waals surface area contributed by atoms with Gasteiger partial charge in [-0.05, 0) is 23.7 Å². The second kappa shape index (κ2) is 5.82. The molecule has 2 aromatic rings. The molecule has 0 bridgehead atoms. The predicted molar refractivity (Wildman–Crippen MR) is 73.3 cm³/mol. The van der Waals surface area contributed by atoms with Gasteiger partial charge in [-0.1, -0.05) is 44.2 Å². The maximum absolute atomic E-state index is 5.65. The molecule has 2 rings (SSSR count). The van der Waals surface area contributed by atoms with Crippen molar-refractivity contribution in [3.8, 4) is 6.01 Å². The van der Waals surface area contributed by atoms with E-state index in [4.69, 9.17) is 17.0 Å². The van der Waals surface area contributed by atoms with Gasteiger partial charge in [0.1, 0.15) is 0 Å². The number of nitrogens with one attached hydrogen (secondary N) is 1. The van der Waals surface area contributed by atoms with Crippen molar-refractivity contribution < 1.29 is 4.74 Å². The van der Waals surface area contributed by atoms with Crippen LogP contribution in [0.3, 0.4) is 0 Å². The minimum absolute atomic E-state index is 0.459. The van der Waals surface area contributed by atoms with Crippen molar-refractivity contribution in [1.82, 2.24) is 14.8 Å². The highest BCUT2D eigenvalue weighted by molar-refractivity contribution is 7.71. The van der Waals surface area contributed by atoms with Crippen LogP contribution in [0.15, 0.2) is 30.3 Å². The summed E-state index contributed by atoms with van der Waals surface area (Å²) in [6.45, 7) is 5.50. The van der Waals surface area contributed by atoms with Crippen molar-refractivity contribution >= 4 is 12.2 Å². The third kappa shape index (κ3) is 3.20. The Bertz CT molecular complexity index is 545. The molecular weight excluding hydrogens is 246 g/mol. The van der Waals surface area contributed by atoms with Crippen LogP contribution in [0.1, 0.15) is 19.4 Å². The molecule has 0 saturated carbocycles. The Morgan fingerprint density at radius 1 is 1.33 bits per heavy atom. The molecule has 1 N–H and O–H groups in total. The zero-order valence-electron chi connectivity index (χ0n) is 10.6. The molecule has 1 aromatic carbocycles. The van der Waals surface area contributed by atoms with Gasteiger partial charge in [0.15, 0.2) is 4.77 Å². The summed E-state index contributed by atoms with van der Waals surface area (Å²) in [5, 5.41) is 6.88. The van der Waals surface area contributed by atoms with E-state index in [-0.39, 0.29) is 0 Å². The summed E-state index contributed by atoms with van der Waals surface area (Å²) >= 11 is 5.22. The van der Waals surface area contributed by atoms with Crippen LogP contribution >= 0.6 is 12.2 Å². The fourth-order valence-corrected chi connectivity index (χ4v) is 1.75. The average Bonchev–Trinajstić information content (AvgIpc) is 2.70. The maximum Gasteiger partial charge on any atom is 0.316 e. The molecule has 96 valence electrons. The summed E-state index contributed by atoms with van der Waals surface area (Å²) in [6.07, 6.45) is 0. The van der Waals surface area contributed by atoms with Gasteiger partial charge in [0.2, 0.25) is 0 Å². The van der Waals surface area contributed by atoms with Crippen molar-refractivity contribution in [1.29, 1.82) is 0 Å². The summed E-state index contributed by atoms with van der Waals surface area (Å²) < 4.78 is 8.09. The number of ether oxygens (including phenoxy) is 1. The van der Waals surface area contributed by atoms with Gasteiger partial charge >= 0.3 is 6.01 Å². The Morgan fingerprint density at radius 2 is 2.06 bits per heavy atom. The topological polar surface area (TPSA) is 42.8 Å². The van der Waals surface area contributed by atoms with Crippen LogP contribution in [0.2, 0.25) is 0 Å². The fraction of sp³-hybridized carbons (Fsp3) is 0.385. The molecule has 0 atom stereocenters. The standard InChI is InChI=1S/C13H17N3OS/c1-10(2)9-17-12-14-15-13(18)16(12)8-11-6-4-3-5-7-11/h3-7,10H,8-9H2,1-2H3,(H,15,18). The van der Waals surface area contributed by atoms with Crippen molar-refractivity contribution in [2.75, 3.05) is 6.61 Å². The summed E-state index contributed by atoms with van der Waals surface area (Å²) in [7, 11) is 0. The second-order valence-electron chi connectivity index (χ2n) is 4.59. The van der Waals surface area contributed by atoms with Crippen LogP contribution in [0.4, 0.5) is 0 Å². The van der Waals surface area contributed by atoms with Crippen LogP contribution < -0.4 is 4.74 Å².